The molecule has 2 amide bonds. The van der Waals surface area contributed by atoms with Crippen LogP contribution in [0.2, 0.25) is 0 Å². The molecule has 1 aromatic carbocycles. The van der Waals surface area contributed by atoms with Crippen LogP contribution in [0, 0.1) is 0 Å². The van der Waals surface area contributed by atoms with E-state index < -0.39 is 11.6 Å². The minimum Gasteiger partial charge on any atom is -0.388 e. The van der Waals surface area contributed by atoms with Gasteiger partial charge in [-0.05, 0) is 30.4 Å². The molecule has 1 aliphatic heterocycles. The number of hydrogen-bond acceptors (Lipinski definition) is 3. The summed E-state index contributed by atoms with van der Waals surface area (Å²) in [6.45, 7) is 2.23. The van der Waals surface area contributed by atoms with E-state index in [1.807, 2.05) is 24.3 Å². The van der Waals surface area contributed by atoms with E-state index in [4.69, 9.17) is 0 Å². The van der Waals surface area contributed by atoms with Crippen molar-refractivity contribution in [3.63, 3.8) is 0 Å². The van der Waals surface area contributed by atoms with Crippen LogP contribution in [-0.4, -0.2) is 40.0 Å². The fourth-order valence-electron chi connectivity index (χ4n) is 3.22. The normalized spacial score (nSPS) is 22.5. The summed E-state index contributed by atoms with van der Waals surface area (Å²) in [4.78, 5) is 26.0. The first-order chi connectivity index (χ1) is 10.5. The molecule has 3 rings (SSSR count). The maximum Gasteiger partial charge on any atom is 0.243 e. The first-order valence-electron chi connectivity index (χ1n) is 7.83. The Bertz CT molecular complexity index is 595. The Kier molecular flexibility index (Phi) is 3.91. The van der Waals surface area contributed by atoms with Gasteiger partial charge in [-0.15, -0.1) is 0 Å². The molecule has 1 atom stereocenters. The van der Waals surface area contributed by atoms with Crippen LogP contribution in [0.4, 0.5) is 0 Å². The lowest BCUT2D eigenvalue weighted by atomic mass is 9.80. The molecular weight excluding hydrogens is 280 g/mol. The van der Waals surface area contributed by atoms with E-state index in [1.54, 1.807) is 4.90 Å². The van der Waals surface area contributed by atoms with Gasteiger partial charge in [0.05, 0.1) is 5.60 Å². The molecule has 1 saturated carbocycles. The third-order valence-corrected chi connectivity index (χ3v) is 4.83. The van der Waals surface area contributed by atoms with Gasteiger partial charge in [-0.2, -0.15) is 0 Å². The second-order valence-electron chi connectivity index (χ2n) is 6.43. The molecule has 5 heteroatoms. The summed E-state index contributed by atoms with van der Waals surface area (Å²) in [7, 11) is 0. The lowest BCUT2D eigenvalue weighted by molar-refractivity contribution is -0.141. The Hall–Kier alpha value is -1.88. The van der Waals surface area contributed by atoms with Crippen LogP contribution < -0.4 is 5.32 Å². The van der Waals surface area contributed by atoms with Crippen LogP contribution in [0.1, 0.15) is 37.3 Å². The monoisotopic (exact) mass is 302 g/mol. The predicted molar refractivity (Wildman–Crippen MR) is 82.0 cm³/mol. The van der Waals surface area contributed by atoms with Crippen molar-refractivity contribution in [2.24, 2.45) is 0 Å². The minimum absolute atomic E-state index is 0.1000. The Balaban J connectivity index is 1.72. The van der Waals surface area contributed by atoms with Gasteiger partial charge in [0.15, 0.2) is 0 Å². The summed E-state index contributed by atoms with van der Waals surface area (Å²) in [6.07, 6.45) is 3.00. The summed E-state index contributed by atoms with van der Waals surface area (Å²) in [6, 6.07) is 7.41. The van der Waals surface area contributed by atoms with Gasteiger partial charge >= 0.3 is 0 Å². The van der Waals surface area contributed by atoms with Crippen molar-refractivity contribution in [3.05, 3.63) is 35.4 Å². The number of amides is 2. The lowest BCUT2D eigenvalue weighted by Crippen LogP contribution is -2.55. The maximum absolute atomic E-state index is 12.5. The van der Waals surface area contributed by atoms with E-state index in [0.29, 0.717) is 13.0 Å². The van der Waals surface area contributed by atoms with Crippen molar-refractivity contribution >= 4 is 11.8 Å². The van der Waals surface area contributed by atoms with Gasteiger partial charge in [-0.25, -0.2) is 0 Å². The zero-order chi connectivity index (χ0) is 15.7. The number of nitrogens with zero attached hydrogens (tertiary/aromatic N) is 1. The van der Waals surface area contributed by atoms with E-state index in [0.717, 1.165) is 30.4 Å². The van der Waals surface area contributed by atoms with Crippen molar-refractivity contribution in [2.45, 2.75) is 50.8 Å². The van der Waals surface area contributed by atoms with Crippen LogP contribution in [0.15, 0.2) is 24.3 Å². The molecule has 1 unspecified atom stereocenters. The highest BCUT2D eigenvalue weighted by molar-refractivity contribution is 5.87. The Labute approximate surface area is 130 Å². The third-order valence-electron chi connectivity index (χ3n) is 4.83. The number of benzene rings is 1. The molecule has 1 aliphatic carbocycles. The molecular formula is C17H22N2O3. The van der Waals surface area contributed by atoms with E-state index in [-0.39, 0.29) is 18.4 Å². The number of fused-ring (bicyclic) bond motifs is 1. The number of carbonyl (C=O) groups is 2. The van der Waals surface area contributed by atoms with E-state index >= 15 is 0 Å². The van der Waals surface area contributed by atoms with E-state index in [2.05, 4.69) is 5.32 Å². The quantitative estimate of drug-likeness (QED) is 0.875. The molecule has 1 heterocycles. The fraction of sp³-hybridized carbons (Fsp3) is 0.529. The van der Waals surface area contributed by atoms with Crippen molar-refractivity contribution < 1.29 is 14.7 Å². The van der Waals surface area contributed by atoms with Gasteiger partial charge in [0.2, 0.25) is 11.8 Å². The molecule has 22 heavy (non-hydrogen) atoms. The van der Waals surface area contributed by atoms with Crippen molar-refractivity contribution in [2.75, 3.05) is 6.54 Å². The Morgan fingerprint density at radius 2 is 2.00 bits per heavy atom. The van der Waals surface area contributed by atoms with Crippen LogP contribution in [0.3, 0.4) is 0 Å². The molecule has 0 radical (unpaired) electrons. The average molecular weight is 302 g/mol. The average Bonchev–Trinajstić information content (AvgIpc) is 2.49. The number of rotatable bonds is 3. The first-order valence-corrected chi connectivity index (χ1v) is 7.83. The SMILES string of the molecule is CC(=O)N1Cc2ccccc2CC1C(=O)NCC1(O)CCC1. The second-order valence-corrected chi connectivity index (χ2v) is 6.43. The first kappa shape index (κ1) is 15.0. The molecule has 0 saturated heterocycles. The lowest BCUT2D eigenvalue weighted by Gasteiger charge is -2.39. The highest BCUT2D eigenvalue weighted by Gasteiger charge is 2.37. The zero-order valence-electron chi connectivity index (χ0n) is 12.8. The molecule has 5 nitrogen and oxygen atoms in total. The second kappa shape index (κ2) is 5.72. The predicted octanol–water partition coefficient (Wildman–Crippen LogP) is 0.991. The summed E-state index contributed by atoms with van der Waals surface area (Å²) >= 11 is 0. The standard InChI is InChI=1S/C17H22N2O3/c1-12(20)19-10-14-6-3-2-5-13(14)9-15(19)16(21)18-11-17(22)7-4-8-17/h2-3,5-6,15,22H,4,7-11H2,1H3,(H,18,21). The Morgan fingerprint density at radius 3 is 2.59 bits per heavy atom. The van der Waals surface area contributed by atoms with Crippen LogP contribution in [0.5, 0.6) is 0 Å². The minimum atomic E-state index is -0.747. The van der Waals surface area contributed by atoms with Gasteiger partial charge in [0.1, 0.15) is 6.04 Å². The number of carbonyl (C=O) groups excluding carboxylic acids is 2. The molecule has 1 fully saturated rings. The number of aliphatic hydroxyl groups is 1. The summed E-state index contributed by atoms with van der Waals surface area (Å²) in [5, 5.41) is 12.9. The highest BCUT2D eigenvalue weighted by Crippen LogP contribution is 2.31. The van der Waals surface area contributed by atoms with Gasteiger partial charge < -0.3 is 15.3 Å². The fourth-order valence-corrected chi connectivity index (χ4v) is 3.22. The summed E-state index contributed by atoms with van der Waals surface area (Å²) < 4.78 is 0. The van der Waals surface area contributed by atoms with Crippen LogP contribution in [0.25, 0.3) is 0 Å². The molecule has 2 N–H and O–H groups in total. The van der Waals surface area contributed by atoms with Gasteiger partial charge in [-0.3, -0.25) is 9.59 Å². The summed E-state index contributed by atoms with van der Waals surface area (Å²) in [5.74, 6) is -0.276. The van der Waals surface area contributed by atoms with E-state index in [9.17, 15) is 14.7 Å². The van der Waals surface area contributed by atoms with E-state index in [1.165, 1.54) is 6.92 Å². The maximum atomic E-state index is 12.5. The van der Waals surface area contributed by atoms with Crippen LogP contribution >= 0.6 is 0 Å². The zero-order valence-corrected chi connectivity index (χ0v) is 12.8. The molecule has 0 bridgehead atoms. The molecule has 118 valence electrons. The summed E-state index contributed by atoms with van der Waals surface area (Å²) in [5.41, 5.74) is 1.46. The molecule has 0 aromatic heterocycles. The molecule has 1 aromatic rings. The van der Waals surface area contributed by atoms with Crippen molar-refractivity contribution in [3.8, 4) is 0 Å². The largest absolute Gasteiger partial charge is 0.388 e. The van der Waals surface area contributed by atoms with Gasteiger partial charge in [-0.1, -0.05) is 24.3 Å². The number of nitrogens with one attached hydrogen (secondary N) is 1. The number of hydrogen-bond donors (Lipinski definition) is 2. The molecule has 2 aliphatic rings. The van der Waals surface area contributed by atoms with Crippen molar-refractivity contribution in [1.82, 2.24) is 10.2 Å². The topological polar surface area (TPSA) is 69.6 Å². The highest BCUT2D eigenvalue weighted by atomic mass is 16.3. The smallest absolute Gasteiger partial charge is 0.243 e. The van der Waals surface area contributed by atoms with Crippen molar-refractivity contribution in [1.29, 1.82) is 0 Å². The van der Waals surface area contributed by atoms with Gasteiger partial charge in [0, 0.05) is 26.4 Å². The van der Waals surface area contributed by atoms with Gasteiger partial charge in [0.25, 0.3) is 0 Å². The molecule has 0 spiro atoms. The van der Waals surface area contributed by atoms with Crippen LogP contribution in [-0.2, 0) is 22.6 Å². The Morgan fingerprint density at radius 1 is 1.32 bits per heavy atom. The third kappa shape index (κ3) is 2.86.